The van der Waals surface area contributed by atoms with Crippen LogP contribution in [0.4, 0.5) is 24.5 Å². The van der Waals surface area contributed by atoms with Crippen molar-refractivity contribution in [3.63, 3.8) is 0 Å². The fourth-order valence-electron chi connectivity index (χ4n) is 1.94. The fourth-order valence-corrected chi connectivity index (χ4v) is 2.17. The Balaban J connectivity index is 2.05. The monoisotopic (exact) mass is 342 g/mol. The van der Waals surface area contributed by atoms with Crippen LogP contribution in [0.1, 0.15) is 5.56 Å². The number of nitrogens with zero attached hydrogens (tertiary/aromatic N) is 1. The average molecular weight is 343 g/mol. The average Bonchev–Trinajstić information content (AvgIpc) is 2.52. The number of nitrogens with one attached hydrogen (secondary N) is 1. The zero-order valence-electron chi connectivity index (χ0n) is 12.2. The first-order valence-electron chi connectivity index (χ1n) is 6.71. The number of carbonyl (C=O) groups excluding carboxylic acids is 1. The molecule has 0 spiro atoms. The fraction of sp³-hybridized carbons (Fsp3) is 0.188. The number of halogens is 4. The van der Waals surface area contributed by atoms with Crippen molar-refractivity contribution in [3.05, 3.63) is 59.1 Å². The van der Waals surface area contributed by atoms with Gasteiger partial charge in [0.2, 0.25) is 5.91 Å². The van der Waals surface area contributed by atoms with Gasteiger partial charge in [-0.2, -0.15) is 13.2 Å². The summed E-state index contributed by atoms with van der Waals surface area (Å²) < 4.78 is 38.4. The van der Waals surface area contributed by atoms with Crippen LogP contribution in [0.25, 0.3) is 0 Å². The lowest BCUT2D eigenvalue weighted by Crippen LogP contribution is -2.32. The Morgan fingerprint density at radius 2 is 1.83 bits per heavy atom. The van der Waals surface area contributed by atoms with E-state index in [0.29, 0.717) is 5.69 Å². The molecule has 1 amide bonds. The van der Waals surface area contributed by atoms with Crippen LogP contribution < -0.4 is 10.2 Å². The molecule has 0 fully saturated rings. The van der Waals surface area contributed by atoms with Gasteiger partial charge in [0.05, 0.1) is 17.1 Å². The molecule has 0 aliphatic rings. The second kappa shape index (κ2) is 6.91. The van der Waals surface area contributed by atoms with Gasteiger partial charge in [-0.15, -0.1) is 0 Å². The highest BCUT2D eigenvalue weighted by Gasteiger charge is 2.33. The van der Waals surface area contributed by atoms with Gasteiger partial charge < -0.3 is 10.2 Å². The minimum absolute atomic E-state index is 0.135. The van der Waals surface area contributed by atoms with Crippen molar-refractivity contribution < 1.29 is 18.0 Å². The van der Waals surface area contributed by atoms with Crippen LogP contribution in [0.15, 0.2) is 48.5 Å². The maximum atomic E-state index is 12.8. The molecular weight excluding hydrogens is 329 g/mol. The normalized spacial score (nSPS) is 11.2. The van der Waals surface area contributed by atoms with Gasteiger partial charge in [-0.1, -0.05) is 29.8 Å². The second-order valence-electron chi connectivity index (χ2n) is 4.83. The van der Waals surface area contributed by atoms with Crippen molar-refractivity contribution in [1.29, 1.82) is 0 Å². The van der Waals surface area contributed by atoms with E-state index in [9.17, 15) is 18.0 Å². The molecule has 2 aromatic rings. The minimum atomic E-state index is -4.54. The minimum Gasteiger partial charge on any atom is -0.376 e. The highest BCUT2D eigenvalue weighted by Crippen LogP contribution is 2.36. The van der Waals surface area contributed by atoms with E-state index in [1.54, 1.807) is 31.3 Å². The summed E-state index contributed by atoms with van der Waals surface area (Å²) in [5.41, 5.74) is -0.0593. The molecule has 0 atom stereocenters. The summed E-state index contributed by atoms with van der Waals surface area (Å²) in [4.78, 5) is 13.5. The summed E-state index contributed by atoms with van der Waals surface area (Å²) >= 11 is 5.55. The molecule has 0 saturated carbocycles. The number of hydrogen-bond acceptors (Lipinski definition) is 2. The van der Waals surface area contributed by atoms with E-state index in [1.165, 1.54) is 11.0 Å². The van der Waals surface area contributed by atoms with Crippen molar-refractivity contribution in [2.75, 3.05) is 23.8 Å². The van der Waals surface area contributed by atoms with Gasteiger partial charge in [-0.3, -0.25) is 4.79 Å². The van der Waals surface area contributed by atoms with E-state index in [-0.39, 0.29) is 23.2 Å². The Labute approximate surface area is 136 Å². The highest BCUT2D eigenvalue weighted by atomic mass is 35.5. The summed E-state index contributed by atoms with van der Waals surface area (Å²) in [6.45, 7) is -0.135. The molecule has 0 aromatic heterocycles. The van der Waals surface area contributed by atoms with Crippen molar-refractivity contribution in [2.45, 2.75) is 6.18 Å². The molecule has 7 heteroatoms. The van der Waals surface area contributed by atoms with Crippen molar-refractivity contribution in [1.82, 2.24) is 0 Å². The predicted molar refractivity (Wildman–Crippen MR) is 84.8 cm³/mol. The van der Waals surface area contributed by atoms with Gasteiger partial charge in [0.15, 0.2) is 0 Å². The third-order valence-corrected chi connectivity index (χ3v) is 3.56. The lowest BCUT2D eigenvalue weighted by Gasteiger charge is -2.18. The molecule has 0 aliphatic carbocycles. The lowest BCUT2D eigenvalue weighted by atomic mass is 10.2. The first kappa shape index (κ1) is 17.1. The van der Waals surface area contributed by atoms with E-state index < -0.39 is 11.7 Å². The number of amides is 1. The Kier molecular flexibility index (Phi) is 5.15. The zero-order chi connectivity index (χ0) is 17.0. The largest absolute Gasteiger partial charge is 0.417 e. The topological polar surface area (TPSA) is 32.3 Å². The van der Waals surface area contributed by atoms with Crippen molar-refractivity contribution >= 4 is 28.9 Å². The maximum absolute atomic E-state index is 12.8. The van der Waals surface area contributed by atoms with Crippen LogP contribution >= 0.6 is 11.6 Å². The van der Waals surface area contributed by atoms with Crippen LogP contribution in [-0.2, 0) is 11.0 Å². The number of carbonyl (C=O) groups is 1. The van der Waals surface area contributed by atoms with Crippen molar-refractivity contribution in [2.24, 2.45) is 0 Å². The molecule has 2 aromatic carbocycles. The number of rotatable bonds is 4. The predicted octanol–water partition coefficient (Wildman–Crippen LogP) is 4.43. The number of anilines is 2. The molecule has 2 rings (SSSR count). The van der Waals surface area contributed by atoms with Gasteiger partial charge in [-0.25, -0.2) is 0 Å². The summed E-state index contributed by atoms with van der Waals surface area (Å²) in [5, 5.41) is 2.31. The molecule has 0 radical (unpaired) electrons. The summed E-state index contributed by atoms with van der Waals surface area (Å²) in [7, 11) is 1.60. The van der Waals surface area contributed by atoms with Crippen molar-refractivity contribution in [3.8, 4) is 0 Å². The standard InChI is InChI=1S/C16H14ClF3N2O/c1-22(12-5-3-2-4-6-12)15(23)10-21-11-7-8-14(17)13(9-11)16(18,19)20/h2-9,21H,10H2,1H3. The Bertz CT molecular complexity index is 689. The van der Waals surface area contributed by atoms with Crippen LogP contribution in [0, 0.1) is 0 Å². The van der Waals surface area contributed by atoms with E-state index in [0.717, 1.165) is 12.1 Å². The zero-order valence-corrected chi connectivity index (χ0v) is 12.9. The van der Waals surface area contributed by atoms with Gasteiger partial charge in [0.25, 0.3) is 0 Å². The van der Waals surface area contributed by atoms with Crippen LogP contribution in [-0.4, -0.2) is 19.5 Å². The van der Waals surface area contributed by atoms with Gasteiger partial charge in [0, 0.05) is 18.4 Å². The van der Waals surface area contributed by atoms with Gasteiger partial charge >= 0.3 is 6.18 Å². The van der Waals surface area contributed by atoms with E-state index in [2.05, 4.69) is 5.32 Å². The van der Waals surface area contributed by atoms with Gasteiger partial charge in [0.1, 0.15) is 0 Å². The summed E-state index contributed by atoms with van der Waals surface area (Å²) in [6, 6.07) is 12.4. The van der Waals surface area contributed by atoms with Crippen LogP contribution in [0.2, 0.25) is 5.02 Å². The number of alkyl halides is 3. The highest BCUT2D eigenvalue weighted by molar-refractivity contribution is 6.31. The maximum Gasteiger partial charge on any atom is 0.417 e. The number of benzene rings is 2. The first-order chi connectivity index (χ1) is 10.8. The van der Waals surface area contributed by atoms with Gasteiger partial charge in [-0.05, 0) is 30.3 Å². The van der Waals surface area contributed by atoms with Crippen LogP contribution in [0.5, 0.6) is 0 Å². The Morgan fingerprint density at radius 3 is 2.43 bits per heavy atom. The molecule has 0 bridgehead atoms. The van der Waals surface area contributed by atoms with E-state index in [1.807, 2.05) is 6.07 Å². The summed E-state index contributed by atoms with van der Waals surface area (Å²) in [6.07, 6.45) is -4.54. The molecule has 0 aliphatic heterocycles. The number of para-hydroxylation sites is 1. The molecule has 122 valence electrons. The molecule has 0 unspecified atom stereocenters. The van der Waals surface area contributed by atoms with E-state index >= 15 is 0 Å². The third-order valence-electron chi connectivity index (χ3n) is 3.23. The second-order valence-corrected chi connectivity index (χ2v) is 5.24. The Hall–Kier alpha value is -2.21. The first-order valence-corrected chi connectivity index (χ1v) is 7.09. The SMILES string of the molecule is CN(C(=O)CNc1ccc(Cl)c(C(F)(F)F)c1)c1ccccc1. The number of hydrogen-bond donors (Lipinski definition) is 1. The molecule has 3 nitrogen and oxygen atoms in total. The number of likely N-dealkylation sites (N-methyl/N-ethyl adjacent to an activating group) is 1. The Morgan fingerprint density at radius 1 is 1.17 bits per heavy atom. The molecule has 23 heavy (non-hydrogen) atoms. The van der Waals surface area contributed by atoms with E-state index in [4.69, 9.17) is 11.6 Å². The quantitative estimate of drug-likeness (QED) is 0.891. The third kappa shape index (κ3) is 4.39. The summed E-state index contributed by atoms with van der Waals surface area (Å²) in [5.74, 6) is -0.278. The molecular formula is C16H14ClF3N2O. The molecule has 1 N–H and O–H groups in total. The lowest BCUT2D eigenvalue weighted by molar-refractivity contribution is -0.137. The molecule has 0 heterocycles. The molecule has 0 saturated heterocycles. The smallest absolute Gasteiger partial charge is 0.376 e. The van der Waals surface area contributed by atoms with Crippen LogP contribution in [0.3, 0.4) is 0 Å².